The first-order valence-electron chi connectivity index (χ1n) is 5.75. The number of benzene rings is 2. The largest absolute Gasteiger partial charge is 0.478 e. The van der Waals surface area contributed by atoms with Crippen molar-refractivity contribution in [2.24, 2.45) is 0 Å². The second-order valence-electron chi connectivity index (χ2n) is 4.28. The van der Waals surface area contributed by atoms with Gasteiger partial charge < -0.3 is 9.84 Å². The van der Waals surface area contributed by atoms with E-state index >= 15 is 0 Å². The summed E-state index contributed by atoms with van der Waals surface area (Å²) < 4.78 is 5.71. The maximum atomic E-state index is 11.0. The van der Waals surface area contributed by atoms with Gasteiger partial charge in [0.05, 0.1) is 5.56 Å². The first-order chi connectivity index (χ1) is 8.97. The molecule has 0 saturated heterocycles. The van der Waals surface area contributed by atoms with Crippen molar-refractivity contribution in [1.82, 2.24) is 0 Å². The van der Waals surface area contributed by atoms with Gasteiger partial charge in [0.25, 0.3) is 0 Å². The quantitative estimate of drug-likeness (QED) is 0.901. The lowest BCUT2D eigenvalue weighted by atomic mass is 10.1. The van der Waals surface area contributed by atoms with Gasteiger partial charge in [0.1, 0.15) is 11.5 Å². The molecule has 4 heteroatoms. The molecule has 2 rings (SSSR count). The summed E-state index contributed by atoms with van der Waals surface area (Å²) in [6.07, 6.45) is 0. The highest BCUT2D eigenvalue weighted by Gasteiger charge is 2.11. The molecule has 19 heavy (non-hydrogen) atoms. The van der Waals surface area contributed by atoms with Crippen molar-refractivity contribution < 1.29 is 14.6 Å². The number of carbonyl (C=O) groups is 1. The Morgan fingerprint density at radius 1 is 1.21 bits per heavy atom. The van der Waals surface area contributed by atoms with Gasteiger partial charge in [-0.1, -0.05) is 17.7 Å². The molecule has 0 aromatic heterocycles. The van der Waals surface area contributed by atoms with E-state index in [9.17, 15) is 4.79 Å². The molecule has 0 amide bonds. The second kappa shape index (κ2) is 5.33. The van der Waals surface area contributed by atoms with E-state index in [1.165, 1.54) is 6.07 Å². The zero-order chi connectivity index (χ0) is 14.0. The summed E-state index contributed by atoms with van der Waals surface area (Å²) in [4.78, 5) is 11.0. The first kappa shape index (κ1) is 13.4. The lowest BCUT2D eigenvalue weighted by molar-refractivity contribution is 0.0696. The lowest BCUT2D eigenvalue weighted by Crippen LogP contribution is -2.00. The van der Waals surface area contributed by atoms with Crippen molar-refractivity contribution in [1.29, 1.82) is 0 Å². The molecule has 0 atom stereocenters. The predicted molar refractivity (Wildman–Crippen MR) is 74.4 cm³/mol. The molecule has 0 aliphatic carbocycles. The Balaban J connectivity index is 2.42. The lowest BCUT2D eigenvalue weighted by Gasteiger charge is -2.12. The number of hydrogen-bond acceptors (Lipinski definition) is 2. The Morgan fingerprint density at radius 3 is 2.58 bits per heavy atom. The van der Waals surface area contributed by atoms with Crippen molar-refractivity contribution in [3.8, 4) is 11.5 Å². The third kappa shape index (κ3) is 3.06. The van der Waals surface area contributed by atoms with Crippen LogP contribution in [0.25, 0.3) is 0 Å². The van der Waals surface area contributed by atoms with Crippen molar-refractivity contribution in [2.75, 3.05) is 0 Å². The van der Waals surface area contributed by atoms with Gasteiger partial charge in [0.2, 0.25) is 0 Å². The molecule has 0 saturated carbocycles. The fraction of sp³-hybridized carbons (Fsp3) is 0.133. The average Bonchev–Trinajstić information content (AvgIpc) is 2.34. The van der Waals surface area contributed by atoms with Gasteiger partial charge >= 0.3 is 5.97 Å². The summed E-state index contributed by atoms with van der Waals surface area (Å²) in [6, 6.07) is 10.1. The van der Waals surface area contributed by atoms with Crippen LogP contribution in [0, 0.1) is 13.8 Å². The Bertz CT molecular complexity index is 635. The van der Waals surface area contributed by atoms with E-state index in [-0.39, 0.29) is 5.56 Å². The van der Waals surface area contributed by atoms with E-state index in [1.807, 2.05) is 13.8 Å². The molecule has 2 aromatic carbocycles. The number of hydrogen-bond donors (Lipinski definition) is 1. The van der Waals surface area contributed by atoms with E-state index in [2.05, 4.69) is 0 Å². The molecule has 2 aromatic rings. The topological polar surface area (TPSA) is 46.5 Å². The minimum absolute atomic E-state index is 0.208. The molecule has 0 heterocycles. The van der Waals surface area contributed by atoms with Crippen LogP contribution in [0.3, 0.4) is 0 Å². The maximum Gasteiger partial charge on any atom is 0.335 e. The first-order valence-corrected chi connectivity index (χ1v) is 6.13. The van der Waals surface area contributed by atoms with Crippen LogP contribution >= 0.6 is 11.6 Å². The van der Waals surface area contributed by atoms with Gasteiger partial charge in [-0.2, -0.15) is 0 Å². The van der Waals surface area contributed by atoms with Crippen LogP contribution in [0.2, 0.25) is 5.02 Å². The minimum atomic E-state index is -0.973. The summed E-state index contributed by atoms with van der Waals surface area (Å²) in [5.74, 6) is 0.135. The smallest absolute Gasteiger partial charge is 0.335 e. The van der Waals surface area contributed by atoms with E-state index in [4.69, 9.17) is 21.4 Å². The monoisotopic (exact) mass is 276 g/mol. The summed E-state index contributed by atoms with van der Waals surface area (Å²) in [7, 11) is 0. The molecule has 0 bridgehead atoms. The van der Waals surface area contributed by atoms with E-state index in [0.29, 0.717) is 16.5 Å². The summed E-state index contributed by atoms with van der Waals surface area (Å²) in [5, 5.41) is 9.63. The zero-order valence-corrected chi connectivity index (χ0v) is 11.4. The Morgan fingerprint density at radius 2 is 1.95 bits per heavy atom. The fourth-order valence-electron chi connectivity index (χ4n) is 1.71. The number of carboxylic acid groups (broad SMARTS) is 1. The molecule has 0 aliphatic heterocycles. The van der Waals surface area contributed by atoms with Crippen LogP contribution in [-0.2, 0) is 0 Å². The van der Waals surface area contributed by atoms with Crippen molar-refractivity contribution >= 4 is 17.6 Å². The summed E-state index contributed by atoms with van der Waals surface area (Å²) in [5.41, 5.74) is 1.99. The van der Waals surface area contributed by atoms with E-state index < -0.39 is 5.97 Å². The van der Waals surface area contributed by atoms with Crippen LogP contribution < -0.4 is 4.74 Å². The highest BCUT2D eigenvalue weighted by Crippen LogP contribution is 2.29. The molecule has 0 spiro atoms. The molecule has 0 aliphatic rings. The predicted octanol–water partition coefficient (Wildman–Crippen LogP) is 4.45. The third-order valence-electron chi connectivity index (χ3n) is 2.89. The summed E-state index contributed by atoms with van der Waals surface area (Å²) in [6.45, 7) is 3.74. The van der Waals surface area contributed by atoms with Gasteiger partial charge in [0, 0.05) is 5.02 Å². The van der Waals surface area contributed by atoms with Crippen molar-refractivity contribution in [2.45, 2.75) is 13.8 Å². The highest BCUT2D eigenvalue weighted by molar-refractivity contribution is 6.30. The highest BCUT2D eigenvalue weighted by atomic mass is 35.5. The van der Waals surface area contributed by atoms with Crippen LogP contribution in [0.15, 0.2) is 36.4 Å². The Hall–Kier alpha value is -2.00. The second-order valence-corrected chi connectivity index (χ2v) is 4.72. The zero-order valence-electron chi connectivity index (χ0n) is 10.6. The molecule has 0 unspecified atom stereocenters. The Kier molecular flexibility index (Phi) is 3.76. The number of halogens is 1. The Labute approximate surface area is 116 Å². The summed E-state index contributed by atoms with van der Waals surface area (Å²) >= 11 is 5.89. The fourth-order valence-corrected chi connectivity index (χ4v) is 1.89. The number of aromatic carboxylic acids is 1. The molecule has 0 fully saturated rings. The van der Waals surface area contributed by atoms with Gasteiger partial charge in [-0.15, -0.1) is 0 Å². The normalized spacial score (nSPS) is 10.3. The number of ether oxygens (including phenoxy) is 1. The van der Waals surface area contributed by atoms with E-state index in [0.717, 1.165) is 11.1 Å². The van der Waals surface area contributed by atoms with Gasteiger partial charge in [-0.25, -0.2) is 4.79 Å². The third-order valence-corrected chi connectivity index (χ3v) is 3.13. The average molecular weight is 277 g/mol. The SMILES string of the molecule is Cc1cc(C(=O)O)cc(Oc2cccc(Cl)c2)c1C. The molecule has 1 N–H and O–H groups in total. The standard InChI is InChI=1S/C15H13ClO3/c1-9-6-11(15(17)18)7-14(10(9)2)19-13-5-3-4-12(16)8-13/h3-8H,1-2H3,(H,17,18). The van der Waals surface area contributed by atoms with Crippen LogP contribution in [0.1, 0.15) is 21.5 Å². The number of carboxylic acids is 1. The van der Waals surface area contributed by atoms with Crippen LogP contribution in [-0.4, -0.2) is 11.1 Å². The van der Waals surface area contributed by atoms with Gasteiger partial charge in [0.15, 0.2) is 0 Å². The molecule has 98 valence electrons. The van der Waals surface area contributed by atoms with Crippen molar-refractivity contribution in [3.05, 3.63) is 58.1 Å². The molecule has 3 nitrogen and oxygen atoms in total. The number of rotatable bonds is 3. The minimum Gasteiger partial charge on any atom is -0.478 e. The van der Waals surface area contributed by atoms with Crippen LogP contribution in [0.4, 0.5) is 0 Å². The molecule has 0 radical (unpaired) electrons. The number of aryl methyl sites for hydroxylation is 1. The van der Waals surface area contributed by atoms with Crippen LogP contribution in [0.5, 0.6) is 11.5 Å². The molecular weight excluding hydrogens is 264 g/mol. The molecular formula is C15H13ClO3. The van der Waals surface area contributed by atoms with E-state index in [1.54, 1.807) is 30.3 Å². The maximum absolute atomic E-state index is 11.0. The van der Waals surface area contributed by atoms with Crippen molar-refractivity contribution in [3.63, 3.8) is 0 Å². The van der Waals surface area contributed by atoms with Gasteiger partial charge in [-0.05, 0) is 55.3 Å². The van der Waals surface area contributed by atoms with Gasteiger partial charge in [-0.3, -0.25) is 0 Å².